The van der Waals surface area contributed by atoms with E-state index in [1.807, 2.05) is 61.0 Å². The number of aromatic carboxylic acids is 1. The quantitative estimate of drug-likeness (QED) is 0.422. The van der Waals surface area contributed by atoms with Gasteiger partial charge >= 0.3 is 12.1 Å². The number of aromatic nitrogens is 2. The molecule has 0 atom stereocenters. The number of nitrogens with zero attached hydrogens (tertiary/aromatic N) is 2. The second-order valence-corrected chi connectivity index (χ2v) is 9.20. The predicted octanol–water partition coefficient (Wildman–Crippen LogP) is 5.45. The second-order valence-electron chi connectivity index (χ2n) is 8.30. The van der Waals surface area contributed by atoms with Crippen LogP contribution in [0.2, 0.25) is 0 Å². The highest BCUT2D eigenvalue weighted by Crippen LogP contribution is 2.33. The standard InChI is InChI=1S/C24H23N3O4S/c1-24(2,3)31-23(30)25-14-15-5-4-6-18(13-15)19-21-27(11-12-32-21)20(26-19)16-7-9-17(10-8-16)22(28)29/h4-13H,14H2,1-3H3,(H,25,30)(H,28,29). The third kappa shape index (κ3) is 4.65. The monoisotopic (exact) mass is 449 g/mol. The molecule has 0 saturated heterocycles. The van der Waals surface area contributed by atoms with Crippen LogP contribution in [0.15, 0.2) is 60.1 Å². The van der Waals surface area contributed by atoms with E-state index in [0.717, 1.165) is 33.0 Å². The number of carboxylic acids is 1. The number of carboxylic acid groups (broad SMARTS) is 1. The number of nitrogens with one attached hydrogen (secondary N) is 1. The van der Waals surface area contributed by atoms with Gasteiger partial charge in [-0.25, -0.2) is 14.6 Å². The molecule has 1 amide bonds. The minimum atomic E-state index is -0.960. The molecule has 0 radical (unpaired) electrons. The van der Waals surface area contributed by atoms with Crippen LogP contribution in [0.5, 0.6) is 0 Å². The molecule has 0 aliphatic heterocycles. The molecule has 0 unspecified atom stereocenters. The van der Waals surface area contributed by atoms with E-state index >= 15 is 0 Å². The van der Waals surface area contributed by atoms with Crippen molar-refractivity contribution in [1.29, 1.82) is 0 Å². The van der Waals surface area contributed by atoms with Crippen LogP contribution in [-0.4, -0.2) is 32.2 Å². The first-order valence-electron chi connectivity index (χ1n) is 10.1. The smallest absolute Gasteiger partial charge is 0.407 e. The fraction of sp³-hybridized carbons (Fsp3) is 0.208. The summed E-state index contributed by atoms with van der Waals surface area (Å²) in [7, 11) is 0. The minimum Gasteiger partial charge on any atom is -0.478 e. The number of ether oxygens (including phenoxy) is 1. The first-order chi connectivity index (χ1) is 15.2. The van der Waals surface area contributed by atoms with Crippen molar-refractivity contribution >= 4 is 28.2 Å². The molecular weight excluding hydrogens is 426 g/mol. The number of alkyl carbamates (subject to hydrolysis) is 1. The number of thiazole rings is 1. The molecule has 0 aliphatic carbocycles. The molecule has 0 fully saturated rings. The molecule has 0 aliphatic rings. The van der Waals surface area contributed by atoms with Gasteiger partial charge in [-0.15, -0.1) is 11.3 Å². The maximum absolute atomic E-state index is 12.0. The van der Waals surface area contributed by atoms with Gasteiger partial charge in [0, 0.05) is 29.2 Å². The molecule has 7 nitrogen and oxygen atoms in total. The van der Waals surface area contributed by atoms with Crippen LogP contribution in [0.4, 0.5) is 4.79 Å². The number of imidazole rings is 1. The van der Waals surface area contributed by atoms with Crippen molar-refractivity contribution in [3.05, 3.63) is 71.2 Å². The summed E-state index contributed by atoms with van der Waals surface area (Å²) in [6.07, 6.45) is 1.49. The van der Waals surface area contributed by atoms with Crippen molar-refractivity contribution in [2.45, 2.75) is 32.9 Å². The van der Waals surface area contributed by atoms with Crippen LogP contribution in [0.3, 0.4) is 0 Å². The van der Waals surface area contributed by atoms with Crippen LogP contribution in [0.1, 0.15) is 36.7 Å². The highest BCUT2D eigenvalue weighted by molar-refractivity contribution is 7.16. The number of carbonyl (C=O) groups is 2. The van der Waals surface area contributed by atoms with Gasteiger partial charge in [0.05, 0.1) is 5.56 Å². The Hall–Kier alpha value is -3.65. The van der Waals surface area contributed by atoms with Crippen molar-refractivity contribution in [3.63, 3.8) is 0 Å². The SMILES string of the molecule is CC(C)(C)OC(=O)NCc1cccc(-c2nc(-c3ccc(C(=O)O)cc3)n3ccsc23)c1. The highest BCUT2D eigenvalue weighted by Gasteiger charge is 2.18. The van der Waals surface area contributed by atoms with E-state index in [4.69, 9.17) is 14.8 Å². The number of rotatable bonds is 5. The summed E-state index contributed by atoms with van der Waals surface area (Å²) >= 11 is 1.58. The zero-order chi connectivity index (χ0) is 22.9. The molecule has 2 N–H and O–H groups in total. The summed E-state index contributed by atoms with van der Waals surface area (Å²) in [6.45, 7) is 5.81. The number of benzene rings is 2. The molecule has 32 heavy (non-hydrogen) atoms. The summed E-state index contributed by atoms with van der Waals surface area (Å²) in [5.74, 6) is -0.219. The molecule has 4 aromatic rings. The summed E-state index contributed by atoms with van der Waals surface area (Å²) in [4.78, 5) is 29.0. The average Bonchev–Trinajstić information content (AvgIpc) is 3.34. The Morgan fingerprint density at radius 3 is 2.56 bits per heavy atom. The molecule has 4 rings (SSSR count). The van der Waals surface area contributed by atoms with E-state index in [9.17, 15) is 9.59 Å². The predicted molar refractivity (Wildman–Crippen MR) is 124 cm³/mol. The van der Waals surface area contributed by atoms with Crippen molar-refractivity contribution in [2.24, 2.45) is 0 Å². The van der Waals surface area contributed by atoms with Crippen molar-refractivity contribution in [3.8, 4) is 22.6 Å². The van der Waals surface area contributed by atoms with Gasteiger partial charge in [-0.2, -0.15) is 0 Å². The van der Waals surface area contributed by atoms with Gasteiger partial charge in [0.1, 0.15) is 21.9 Å². The molecule has 2 aromatic heterocycles. The molecule has 0 saturated carbocycles. The van der Waals surface area contributed by atoms with Gasteiger partial charge in [-0.3, -0.25) is 4.40 Å². The van der Waals surface area contributed by atoms with Gasteiger partial charge in [0.15, 0.2) is 0 Å². The normalized spacial score (nSPS) is 11.5. The maximum atomic E-state index is 12.0. The van der Waals surface area contributed by atoms with Crippen LogP contribution < -0.4 is 5.32 Å². The fourth-order valence-corrected chi connectivity index (χ4v) is 4.14. The summed E-state index contributed by atoms with van der Waals surface area (Å²) in [5, 5.41) is 13.9. The highest BCUT2D eigenvalue weighted by atomic mass is 32.1. The van der Waals surface area contributed by atoms with Crippen molar-refractivity contribution in [1.82, 2.24) is 14.7 Å². The van der Waals surface area contributed by atoms with E-state index in [1.54, 1.807) is 35.6 Å². The van der Waals surface area contributed by atoms with E-state index in [2.05, 4.69) is 5.32 Å². The van der Waals surface area contributed by atoms with Crippen molar-refractivity contribution < 1.29 is 19.4 Å². The van der Waals surface area contributed by atoms with Crippen LogP contribution in [-0.2, 0) is 11.3 Å². The molecule has 2 heterocycles. The average molecular weight is 450 g/mol. The van der Waals surface area contributed by atoms with E-state index < -0.39 is 17.7 Å². The Labute approximate surface area is 189 Å². The lowest BCUT2D eigenvalue weighted by Crippen LogP contribution is -2.32. The third-order valence-corrected chi connectivity index (χ3v) is 5.55. The number of hydrogen-bond donors (Lipinski definition) is 2. The Morgan fingerprint density at radius 1 is 1.12 bits per heavy atom. The largest absolute Gasteiger partial charge is 0.478 e. The number of carbonyl (C=O) groups excluding carboxylic acids is 1. The zero-order valence-electron chi connectivity index (χ0n) is 18.0. The molecule has 2 aromatic carbocycles. The lowest BCUT2D eigenvalue weighted by molar-refractivity contribution is 0.0523. The van der Waals surface area contributed by atoms with Gasteiger partial charge in [-0.05, 0) is 44.5 Å². The summed E-state index contributed by atoms with van der Waals surface area (Å²) < 4.78 is 7.30. The fourth-order valence-electron chi connectivity index (χ4n) is 3.30. The van der Waals surface area contributed by atoms with Gasteiger partial charge in [0.2, 0.25) is 0 Å². The van der Waals surface area contributed by atoms with Gasteiger partial charge in [0.25, 0.3) is 0 Å². The maximum Gasteiger partial charge on any atom is 0.407 e. The van der Waals surface area contributed by atoms with Gasteiger partial charge in [-0.1, -0.05) is 30.3 Å². The Balaban J connectivity index is 1.62. The van der Waals surface area contributed by atoms with Crippen molar-refractivity contribution in [2.75, 3.05) is 0 Å². The first-order valence-corrected chi connectivity index (χ1v) is 10.9. The molecule has 0 spiro atoms. The van der Waals surface area contributed by atoms with E-state index in [1.165, 1.54) is 0 Å². The molecule has 0 bridgehead atoms. The number of hydrogen-bond acceptors (Lipinski definition) is 5. The van der Waals surface area contributed by atoms with Crippen LogP contribution in [0.25, 0.3) is 27.5 Å². The molecular formula is C24H23N3O4S. The van der Waals surface area contributed by atoms with E-state index in [-0.39, 0.29) is 5.56 Å². The third-order valence-electron chi connectivity index (χ3n) is 4.68. The Morgan fingerprint density at radius 2 is 1.88 bits per heavy atom. The number of amides is 1. The zero-order valence-corrected chi connectivity index (χ0v) is 18.8. The summed E-state index contributed by atoms with van der Waals surface area (Å²) in [6, 6.07) is 14.5. The van der Waals surface area contributed by atoms with Crippen LogP contribution in [0, 0.1) is 0 Å². The Kier molecular flexibility index (Phi) is 5.71. The topological polar surface area (TPSA) is 92.9 Å². The van der Waals surface area contributed by atoms with E-state index in [0.29, 0.717) is 6.54 Å². The first kappa shape index (κ1) is 21.6. The second kappa shape index (κ2) is 8.47. The lowest BCUT2D eigenvalue weighted by atomic mass is 10.1. The Bertz CT molecular complexity index is 1280. The molecule has 8 heteroatoms. The minimum absolute atomic E-state index is 0.234. The summed E-state index contributed by atoms with van der Waals surface area (Å²) in [5.41, 5.74) is 3.21. The number of fused-ring (bicyclic) bond motifs is 1. The van der Waals surface area contributed by atoms with Gasteiger partial charge < -0.3 is 15.2 Å². The lowest BCUT2D eigenvalue weighted by Gasteiger charge is -2.19. The van der Waals surface area contributed by atoms with Crippen LogP contribution >= 0.6 is 11.3 Å². The molecule has 164 valence electrons.